The third-order valence-electron chi connectivity index (χ3n) is 3.73. The largest absolute Gasteiger partial charge is 0.328 e. The maximum Gasteiger partial charge on any atom is 0.317 e. The molecular weight excluding hydrogens is 314 g/mol. The second kappa shape index (κ2) is 7.32. The number of urea groups is 1. The van der Waals surface area contributed by atoms with Crippen LogP contribution < -0.4 is 5.32 Å². The van der Waals surface area contributed by atoms with Crippen molar-refractivity contribution in [3.05, 3.63) is 35.1 Å². The van der Waals surface area contributed by atoms with Crippen molar-refractivity contribution in [2.75, 3.05) is 13.1 Å². The number of rotatable bonds is 3. The predicted molar refractivity (Wildman–Crippen MR) is 83.3 cm³/mol. The Morgan fingerprint density at radius 2 is 1.95 bits per heavy atom. The van der Waals surface area contributed by atoms with Gasteiger partial charge in [-0.3, -0.25) is 0 Å². The summed E-state index contributed by atoms with van der Waals surface area (Å²) in [5.74, 6) is -0.335. The van der Waals surface area contributed by atoms with E-state index in [0.29, 0.717) is 11.1 Å². The van der Waals surface area contributed by atoms with Crippen LogP contribution in [0.2, 0.25) is 0 Å². The summed E-state index contributed by atoms with van der Waals surface area (Å²) in [7, 11) is 0. The van der Waals surface area contributed by atoms with E-state index in [1.54, 1.807) is 24.0 Å². The number of carbonyl (C=O) groups excluding carboxylic acids is 1. The molecule has 1 aliphatic heterocycles. The molecule has 1 saturated heterocycles. The first-order chi connectivity index (χ1) is 9.99. The molecule has 1 aliphatic rings. The van der Waals surface area contributed by atoms with E-state index in [4.69, 9.17) is 23.2 Å². The summed E-state index contributed by atoms with van der Waals surface area (Å²) < 4.78 is 13.7. The smallest absolute Gasteiger partial charge is 0.317 e. The minimum atomic E-state index is -0.846. The molecule has 0 bridgehead atoms. The van der Waals surface area contributed by atoms with Gasteiger partial charge >= 0.3 is 6.03 Å². The van der Waals surface area contributed by atoms with Gasteiger partial charge in [-0.2, -0.15) is 0 Å². The minimum absolute atomic E-state index is 0.202. The Bertz CT molecular complexity index is 504. The van der Waals surface area contributed by atoms with Crippen LogP contribution in [0.3, 0.4) is 0 Å². The number of carbonyl (C=O) groups is 1. The number of amides is 2. The van der Waals surface area contributed by atoms with Crippen LogP contribution in [0.25, 0.3) is 0 Å². The summed E-state index contributed by atoms with van der Waals surface area (Å²) in [6.07, 6.45) is 3.15. The number of aryl methyl sites for hydroxylation is 1. The SMILES string of the molecule is Cc1ccc([C@H](NC(=O)N2CCCCC2)C(Cl)Cl)cc1F. The van der Waals surface area contributed by atoms with E-state index in [1.165, 1.54) is 6.07 Å². The third kappa shape index (κ3) is 4.24. The minimum Gasteiger partial charge on any atom is -0.328 e. The normalized spacial score (nSPS) is 16.9. The lowest BCUT2D eigenvalue weighted by Crippen LogP contribution is -2.45. The third-order valence-corrected chi connectivity index (χ3v) is 4.23. The lowest BCUT2D eigenvalue weighted by molar-refractivity contribution is 0.183. The van der Waals surface area contributed by atoms with E-state index in [9.17, 15) is 9.18 Å². The zero-order chi connectivity index (χ0) is 15.4. The van der Waals surface area contributed by atoms with Gasteiger partial charge in [-0.05, 0) is 43.4 Å². The Hall–Kier alpha value is -1.00. The zero-order valence-corrected chi connectivity index (χ0v) is 13.4. The molecule has 21 heavy (non-hydrogen) atoms. The molecule has 116 valence electrons. The van der Waals surface area contributed by atoms with Crippen LogP contribution in [-0.4, -0.2) is 28.9 Å². The molecule has 1 fully saturated rings. The first kappa shape index (κ1) is 16.4. The van der Waals surface area contributed by atoms with Crippen LogP contribution in [0.1, 0.15) is 36.4 Å². The van der Waals surface area contributed by atoms with Crippen molar-refractivity contribution in [1.82, 2.24) is 10.2 Å². The Morgan fingerprint density at radius 1 is 1.29 bits per heavy atom. The molecule has 1 heterocycles. The van der Waals surface area contributed by atoms with Gasteiger partial charge in [0.25, 0.3) is 0 Å². The fourth-order valence-electron chi connectivity index (χ4n) is 2.42. The molecule has 0 aliphatic carbocycles. The summed E-state index contributed by atoms with van der Waals surface area (Å²) in [5, 5.41) is 2.81. The van der Waals surface area contributed by atoms with Gasteiger partial charge < -0.3 is 10.2 Å². The topological polar surface area (TPSA) is 32.3 Å². The molecule has 6 heteroatoms. The monoisotopic (exact) mass is 332 g/mol. The van der Waals surface area contributed by atoms with Crippen LogP contribution in [0, 0.1) is 12.7 Å². The number of alkyl halides is 2. The standard InChI is InChI=1S/C15H19Cl2FN2O/c1-10-5-6-11(9-12(10)18)13(14(16)17)19-15(21)20-7-3-2-4-8-20/h5-6,9,13-14H,2-4,7-8H2,1H3,(H,19,21)/t13-/m0/s1. The average Bonchev–Trinajstić information content (AvgIpc) is 2.48. The molecule has 0 aromatic heterocycles. The summed E-state index contributed by atoms with van der Waals surface area (Å²) in [6, 6.07) is 3.93. The van der Waals surface area contributed by atoms with Crippen molar-refractivity contribution >= 4 is 29.2 Å². The van der Waals surface area contributed by atoms with Crippen molar-refractivity contribution in [3.63, 3.8) is 0 Å². The quantitative estimate of drug-likeness (QED) is 0.827. The molecule has 1 atom stereocenters. The number of benzene rings is 1. The molecule has 0 saturated carbocycles. The van der Waals surface area contributed by atoms with Gasteiger partial charge in [0.15, 0.2) is 0 Å². The van der Waals surface area contributed by atoms with Crippen LogP contribution >= 0.6 is 23.2 Å². The van der Waals surface area contributed by atoms with Gasteiger partial charge in [0.1, 0.15) is 10.7 Å². The molecule has 0 radical (unpaired) electrons. The molecule has 1 aromatic rings. The van der Waals surface area contributed by atoms with Crippen LogP contribution in [-0.2, 0) is 0 Å². The lowest BCUT2D eigenvalue weighted by Gasteiger charge is -2.30. The first-order valence-electron chi connectivity index (χ1n) is 7.08. The highest BCUT2D eigenvalue weighted by atomic mass is 35.5. The molecule has 0 spiro atoms. The van der Waals surface area contributed by atoms with E-state index in [0.717, 1.165) is 32.4 Å². The second-order valence-electron chi connectivity index (χ2n) is 5.32. The van der Waals surface area contributed by atoms with Crippen LogP contribution in [0.15, 0.2) is 18.2 Å². The maximum absolute atomic E-state index is 13.7. The maximum atomic E-state index is 13.7. The zero-order valence-electron chi connectivity index (χ0n) is 11.9. The average molecular weight is 333 g/mol. The van der Waals surface area contributed by atoms with E-state index in [1.807, 2.05) is 0 Å². The fourth-order valence-corrected chi connectivity index (χ4v) is 2.83. The molecule has 1 aromatic carbocycles. The summed E-state index contributed by atoms with van der Waals surface area (Å²) in [4.78, 5) is 13.1. The number of piperidine rings is 1. The Labute approximate surface area is 134 Å². The fraction of sp³-hybridized carbons (Fsp3) is 0.533. The summed E-state index contributed by atoms with van der Waals surface area (Å²) in [5.41, 5.74) is 1.11. The van der Waals surface area contributed by atoms with Crippen molar-refractivity contribution in [3.8, 4) is 0 Å². The number of nitrogens with one attached hydrogen (secondary N) is 1. The number of hydrogen-bond donors (Lipinski definition) is 1. The highest BCUT2D eigenvalue weighted by Crippen LogP contribution is 2.26. The Morgan fingerprint density at radius 3 is 2.52 bits per heavy atom. The molecule has 0 unspecified atom stereocenters. The van der Waals surface area contributed by atoms with Gasteiger partial charge in [0, 0.05) is 13.1 Å². The molecule has 3 nitrogen and oxygen atoms in total. The van der Waals surface area contributed by atoms with Gasteiger partial charge in [-0.1, -0.05) is 12.1 Å². The Balaban J connectivity index is 2.11. The van der Waals surface area contributed by atoms with Gasteiger partial charge in [-0.25, -0.2) is 9.18 Å². The summed E-state index contributed by atoms with van der Waals surface area (Å²) >= 11 is 11.9. The van der Waals surface area contributed by atoms with Gasteiger partial charge in [0.05, 0.1) is 6.04 Å². The number of halogens is 3. The lowest BCUT2D eigenvalue weighted by atomic mass is 10.1. The van der Waals surface area contributed by atoms with E-state index in [2.05, 4.69) is 5.32 Å². The predicted octanol–water partition coefficient (Wildman–Crippen LogP) is 4.17. The number of nitrogens with zero attached hydrogens (tertiary/aromatic N) is 1. The molecule has 2 rings (SSSR count). The Kier molecular flexibility index (Phi) is 5.71. The summed E-state index contributed by atoms with van der Waals surface area (Å²) in [6.45, 7) is 3.14. The van der Waals surface area contributed by atoms with Crippen LogP contribution in [0.5, 0.6) is 0 Å². The van der Waals surface area contributed by atoms with Gasteiger partial charge in [-0.15, -0.1) is 23.2 Å². The van der Waals surface area contributed by atoms with Crippen LogP contribution in [0.4, 0.5) is 9.18 Å². The molecule has 2 amide bonds. The van der Waals surface area contributed by atoms with Crippen molar-refractivity contribution in [2.24, 2.45) is 0 Å². The van der Waals surface area contributed by atoms with E-state index >= 15 is 0 Å². The van der Waals surface area contributed by atoms with Crippen molar-refractivity contribution in [1.29, 1.82) is 0 Å². The molecular formula is C15H19Cl2FN2O. The van der Waals surface area contributed by atoms with Crippen molar-refractivity contribution < 1.29 is 9.18 Å². The first-order valence-corrected chi connectivity index (χ1v) is 7.96. The van der Waals surface area contributed by atoms with E-state index in [-0.39, 0.29) is 11.8 Å². The van der Waals surface area contributed by atoms with Gasteiger partial charge in [0.2, 0.25) is 0 Å². The number of likely N-dealkylation sites (tertiary alicyclic amines) is 1. The van der Waals surface area contributed by atoms with Crippen molar-refractivity contribution in [2.45, 2.75) is 37.1 Å². The van der Waals surface area contributed by atoms with E-state index < -0.39 is 10.9 Å². The number of hydrogen-bond acceptors (Lipinski definition) is 1. The highest BCUT2D eigenvalue weighted by molar-refractivity contribution is 6.44. The second-order valence-corrected chi connectivity index (χ2v) is 6.48. The highest BCUT2D eigenvalue weighted by Gasteiger charge is 2.25. The molecule has 1 N–H and O–H groups in total.